The molecule has 4 heteroatoms. The van der Waals surface area contributed by atoms with E-state index in [4.69, 9.17) is 5.73 Å². The molecule has 0 radical (unpaired) electrons. The maximum absolute atomic E-state index is 12.6. The van der Waals surface area contributed by atoms with Gasteiger partial charge >= 0.3 is 0 Å². The highest BCUT2D eigenvalue weighted by Crippen LogP contribution is 2.40. The molecule has 1 saturated heterocycles. The van der Waals surface area contributed by atoms with Gasteiger partial charge < -0.3 is 15.2 Å². The summed E-state index contributed by atoms with van der Waals surface area (Å²) in [5.41, 5.74) is 9.03. The van der Waals surface area contributed by atoms with E-state index in [0.717, 1.165) is 38.8 Å². The van der Waals surface area contributed by atoms with Crippen LogP contribution in [0.3, 0.4) is 0 Å². The van der Waals surface area contributed by atoms with E-state index in [2.05, 4.69) is 30.7 Å². The minimum atomic E-state index is -0.118. The molecule has 2 N–H and O–H groups in total. The molecule has 21 heavy (non-hydrogen) atoms. The largest absolute Gasteiger partial charge is 0.341 e. The number of aromatic nitrogens is 1. The van der Waals surface area contributed by atoms with E-state index in [1.54, 1.807) is 0 Å². The minimum Gasteiger partial charge on any atom is -0.341 e. The lowest BCUT2D eigenvalue weighted by Gasteiger charge is -2.35. The van der Waals surface area contributed by atoms with Crippen LogP contribution < -0.4 is 5.73 Å². The minimum absolute atomic E-state index is 0.0964. The molecule has 1 aromatic rings. The summed E-state index contributed by atoms with van der Waals surface area (Å²) in [6.07, 6.45) is 6.35. The molecule has 2 heterocycles. The summed E-state index contributed by atoms with van der Waals surface area (Å²) in [5.74, 6) is 0.253. The first-order valence-electron chi connectivity index (χ1n) is 8.13. The van der Waals surface area contributed by atoms with E-state index >= 15 is 0 Å². The van der Waals surface area contributed by atoms with Crippen molar-refractivity contribution in [2.45, 2.75) is 58.5 Å². The molecular weight excluding hydrogens is 262 g/mol. The molecular formula is C17H27N3O. The Hall–Kier alpha value is -1.29. The number of amides is 1. The fourth-order valence-electron chi connectivity index (χ4n) is 3.94. The maximum atomic E-state index is 12.6. The Bertz CT molecular complexity index is 540. The maximum Gasteiger partial charge on any atom is 0.245 e. The Labute approximate surface area is 127 Å². The molecule has 0 spiro atoms. The number of carbonyl (C=O) groups is 1. The normalized spacial score (nSPS) is 25.7. The summed E-state index contributed by atoms with van der Waals surface area (Å²) in [5, 5.41) is 0. The predicted molar refractivity (Wildman–Crippen MR) is 84.0 cm³/mol. The summed E-state index contributed by atoms with van der Waals surface area (Å²) in [4.78, 5) is 14.7. The fraction of sp³-hybridized carbons (Fsp3) is 0.706. The van der Waals surface area contributed by atoms with Gasteiger partial charge in [-0.15, -0.1) is 0 Å². The third-order valence-corrected chi connectivity index (χ3v) is 5.07. The molecule has 1 aliphatic carbocycles. The third-order valence-electron chi connectivity index (χ3n) is 5.07. The first kappa shape index (κ1) is 14.6. The Balaban J connectivity index is 1.88. The molecule has 2 atom stereocenters. The third kappa shape index (κ3) is 2.61. The Morgan fingerprint density at radius 2 is 2.05 bits per heavy atom. The van der Waals surface area contributed by atoms with Crippen molar-refractivity contribution in [1.82, 2.24) is 9.47 Å². The van der Waals surface area contributed by atoms with Gasteiger partial charge in [0.25, 0.3) is 0 Å². The number of likely N-dealkylation sites (tertiary alicyclic amines) is 1. The van der Waals surface area contributed by atoms with Crippen molar-refractivity contribution in [3.8, 4) is 0 Å². The highest BCUT2D eigenvalue weighted by atomic mass is 16.2. The fourth-order valence-corrected chi connectivity index (χ4v) is 3.94. The zero-order chi connectivity index (χ0) is 15.2. The topological polar surface area (TPSA) is 51.3 Å². The van der Waals surface area contributed by atoms with Crippen LogP contribution in [0, 0.1) is 5.41 Å². The number of hydrogen-bond acceptors (Lipinski definition) is 2. The van der Waals surface area contributed by atoms with Gasteiger partial charge in [-0.05, 0) is 49.7 Å². The van der Waals surface area contributed by atoms with Gasteiger partial charge in [0, 0.05) is 31.0 Å². The number of carbonyl (C=O) groups excluding carboxylic acids is 1. The lowest BCUT2D eigenvalue weighted by molar-refractivity contribution is -0.133. The number of nitrogens with two attached hydrogens (primary N) is 1. The van der Waals surface area contributed by atoms with E-state index in [9.17, 15) is 4.79 Å². The molecule has 2 unspecified atom stereocenters. The average Bonchev–Trinajstić information content (AvgIpc) is 3.04. The van der Waals surface area contributed by atoms with Crippen molar-refractivity contribution >= 4 is 5.91 Å². The second-order valence-electron chi connectivity index (χ2n) is 7.49. The first-order valence-corrected chi connectivity index (χ1v) is 8.13. The van der Waals surface area contributed by atoms with Gasteiger partial charge in [0.1, 0.15) is 6.04 Å². The van der Waals surface area contributed by atoms with Crippen molar-refractivity contribution in [1.29, 1.82) is 0 Å². The monoisotopic (exact) mass is 289 g/mol. The predicted octanol–water partition coefficient (Wildman–Crippen LogP) is 2.64. The van der Waals surface area contributed by atoms with Crippen LogP contribution in [-0.4, -0.2) is 28.5 Å². The summed E-state index contributed by atoms with van der Waals surface area (Å²) in [6, 6.07) is 2.09. The van der Waals surface area contributed by atoms with E-state index in [1.165, 1.54) is 11.3 Å². The lowest BCUT2D eigenvalue weighted by atomic mass is 9.74. The first-order chi connectivity index (χ1) is 9.89. The highest BCUT2D eigenvalue weighted by Gasteiger charge is 2.34. The quantitative estimate of drug-likeness (QED) is 0.910. The summed E-state index contributed by atoms with van der Waals surface area (Å²) < 4.78 is 2.16. The zero-order valence-corrected chi connectivity index (χ0v) is 13.4. The van der Waals surface area contributed by atoms with Crippen LogP contribution in [-0.2, 0) is 11.2 Å². The van der Waals surface area contributed by atoms with Crippen LogP contribution >= 0.6 is 0 Å². The molecule has 0 bridgehead atoms. The molecule has 1 amide bonds. The summed E-state index contributed by atoms with van der Waals surface area (Å²) in [6.45, 7) is 8.38. The SMILES string of the molecule is CC(C(=O)N1CCCC1)n1ccc2c1CC(C)(C)CC2N. The van der Waals surface area contributed by atoms with Crippen molar-refractivity contribution in [3.05, 3.63) is 23.5 Å². The highest BCUT2D eigenvalue weighted by molar-refractivity contribution is 5.80. The van der Waals surface area contributed by atoms with E-state index in [1.807, 2.05) is 11.8 Å². The Morgan fingerprint density at radius 3 is 2.71 bits per heavy atom. The molecule has 0 saturated carbocycles. The average molecular weight is 289 g/mol. The number of nitrogens with zero attached hydrogens (tertiary/aromatic N) is 2. The van der Waals surface area contributed by atoms with Crippen LogP contribution in [0.15, 0.2) is 12.3 Å². The van der Waals surface area contributed by atoms with Gasteiger partial charge in [-0.2, -0.15) is 0 Å². The molecule has 4 nitrogen and oxygen atoms in total. The zero-order valence-electron chi connectivity index (χ0n) is 13.4. The van der Waals surface area contributed by atoms with Gasteiger partial charge in [-0.25, -0.2) is 0 Å². The van der Waals surface area contributed by atoms with Crippen LogP contribution in [0.2, 0.25) is 0 Å². The van der Waals surface area contributed by atoms with Gasteiger partial charge in [-0.1, -0.05) is 13.8 Å². The van der Waals surface area contributed by atoms with E-state index in [0.29, 0.717) is 0 Å². The van der Waals surface area contributed by atoms with Gasteiger partial charge in [0.2, 0.25) is 5.91 Å². The number of fused-ring (bicyclic) bond motifs is 1. The standard InChI is InChI=1S/C17H27N3O/c1-12(16(21)19-7-4-5-8-19)20-9-6-13-14(18)10-17(2,3)11-15(13)20/h6,9,12,14H,4-5,7-8,10-11,18H2,1-3H3. The van der Waals surface area contributed by atoms with E-state index in [-0.39, 0.29) is 23.4 Å². The molecule has 0 aromatic carbocycles. The van der Waals surface area contributed by atoms with Crippen molar-refractivity contribution in [2.24, 2.45) is 11.1 Å². The molecule has 1 aliphatic heterocycles. The Morgan fingerprint density at radius 1 is 1.38 bits per heavy atom. The van der Waals surface area contributed by atoms with Crippen molar-refractivity contribution in [3.63, 3.8) is 0 Å². The number of rotatable bonds is 2. The Kier molecular flexibility index (Phi) is 3.60. The molecule has 1 fully saturated rings. The van der Waals surface area contributed by atoms with Crippen LogP contribution in [0.4, 0.5) is 0 Å². The van der Waals surface area contributed by atoms with Gasteiger partial charge in [-0.3, -0.25) is 4.79 Å². The molecule has 1 aromatic heterocycles. The lowest BCUT2D eigenvalue weighted by Crippen LogP contribution is -2.36. The van der Waals surface area contributed by atoms with Gasteiger partial charge in [0.05, 0.1) is 0 Å². The molecule has 116 valence electrons. The number of hydrogen-bond donors (Lipinski definition) is 1. The van der Waals surface area contributed by atoms with E-state index < -0.39 is 0 Å². The summed E-state index contributed by atoms with van der Waals surface area (Å²) >= 11 is 0. The second kappa shape index (κ2) is 5.16. The van der Waals surface area contributed by atoms with Crippen molar-refractivity contribution < 1.29 is 4.79 Å². The molecule has 3 rings (SSSR count). The van der Waals surface area contributed by atoms with Crippen LogP contribution in [0.5, 0.6) is 0 Å². The second-order valence-corrected chi connectivity index (χ2v) is 7.49. The van der Waals surface area contributed by atoms with Crippen molar-refractivity contribution in [2.75, 3.05) is 13.1 Å². The van der Waals surface area contributed by atoms with Crippen LogP contribution in [0.25, 0.3) is 0 Å². The van der Waals surface area contributed by atoms with Crippen LogP contribution in [0.1, 0.15) is 63.4 Å². The van der Waals surface area contributed by atoms with Gasteiger partial charge in [0.15, 0.2) is 0 Å². The smallest absolute Gasteiger partial charge is 0.245 e. The summed E-state index contributed by atoms with van der Waals surface area (Å²) in [7, 11) is 0. The molecule has 2 aliphatic rings.